The second kappa shape index (κ2) is 7.07. The van der Waals surface area contributed by atoms with Gasteiger partial charge in [0.1, 0.15) is 12.4 Å². The SMILES string of the molecule is CN1C(=O)C(C)(C)COc2ccc(NC(=O)NCc3ccccc3)cc21. The number of benzene rings is 2. The second-order valence-corrected chi connectivity index (χ2v) is 7.01. The Balaban J connectivity index is 1.70. The van der Waals surface area contributed by atoms with Crippen molar-refractivity contribution in [2.75, 3.05) is 23.9 Å². The Morgan fingerprint density at radius 1 is 1.19 bits per heavy atom. The van der Waals surface area contributed by atoms with E-state index < -0.39 is 5.41 Å². The van der Waals surface area contributed by atoms with Gasteiger partial charge < -0.3 is 20.3 Å². The van der Waals surface area contributed by atoms with E-state index in [0.717, 1.165) is 5.56 Å². The first kappa shape index (κ1) is 17.8. The van der Waals surface area contributed by atoms with Crippen LogP contribution in [0.2, 0.25) is 0 Å². The summed E-state index contributed by atoms with van der Waals surface area (Å²) < 4.78 is 5.78. The van der Waals surface area contributed by atoms with Crippen LogP contribution in [-0.4, -0.2) is 25.6 Å². The Kier molecular flexibility index (Phi) is 4.84. The Hall–Kier alpha value is -3.02. The molecule has 0 fully saturated rings. The van der Waals surface area contributed by atoms with E-state index in [0.29, 0.717) is 30.3 Å². The lowest BCUT2D eigenvalue weighted by molar-refractivity contribution is -0.127. The number of hydrogen-bond acceptors (Lipinski definition) is 3. The van der Waals surface area contributed by atoms with E-state index in [4.69, 9.17) is 4.74 Å². The fourth-order valence-electron chi connectivity index (χ4n) is 2.82. The van der Waals surface area contributed by atoms with E-state index in [1.165, 1.54) is 0 Å². The van der Waals surface area contributed by atoms with Crippen LogP contribution >= 0.6 is 0 Å². The van der Waals surface area contributed by atoms with E-state index in [-0.39, 0.29) is 11.9 Å². The summed E-state index contributed by atoms with van der Waals surface area (Å²) in [4.78, 5) is 26.3. The third kappa shape index (κ3) is 3.79. The van der Waals surface area contributed by atoms with Crippen LogP contribution in [0.5, 0.6) is 5.75 Å². The molecule has 26 heavy (non-hydrogen) atoms. The predicted molar refractivity (Wildman–Crippen MR) is 101 cm³/mol. The number of amides is 3. The summed E-state index contributed by atoms with van der Waals surface area (Å²) in [5, 5.41) is 5.61. The number of urea groups is 1. The van der Waals surface area contributed by atoms with Crippen LogP contribution in [0.25, 0.3) is 0 Å². The normalized spacial score (nSPS) is 15.5. The van der Waals surface area contributed by atoms with Crippen LogP contribution < -0.4 is 20.3 Å². The monoisotopic (exact) mass is 353 g/mol. The molecule has 0 spiro atoms. The molecule has 2 N–H and O–H groups in total. The largest absolute Gasteiger partial charge is 0.490 e. The van der Waals surface area contributed by atoms with Crippen molar-refractivity contribution in [3.8, 4) is 5.75 Å². The van der Waals surface area contributed by atoms with Gasteiger partial charge in [0.25, 0.3) is 0 Å². The molecule has 2 aromatic rings. The minimum atomic E-state index is -0.603. The lowest BCUT2D eigenvalue weighted by Crippen LogP contribution is -2.39. The Labute approximate surface area is 153 Å². The summed E-state index contributed by atoms with van der Waals surface area (Å²) in [6.45, 7) is 4.46. The molecular formula is C20H23N3O3. The van der Waals surface area contributed by atoms with Gasteiger partial charge in [-0.3, -0.25) is 4.79 Å². The smallest absolute Gasteiger partial charge is 0.319 e. The van der Waals surface area contributed by atoms with E-state index in [2.05, 4.69) is 10.6 Å². The van der Waals surface area contributed by atoms with E-state index in [1.807, 2.05) is 44.2 Å². The molecular weight excluding hydrogens is 330 g/mol. The highest BCUT2D eigenvalue weighted by Crippen LogP contribution is 2.37. The first-order valence-corrected chi connectivity index (χ1v) is 8.50. The van der Waals surface area contributed by atoms with Crippen LogP contribution in [0, 0.1) is 5.41 Å². The fourth-order valence-corrected chi connectivity index (χ4v) is 2.82. The standard InChI is InChI=1S/C20H23N3O3/c1-20(2)13-26-17-10-9-15(11-16(17)23(3)18(20)24)22-19(25)21-12-14-7-5-4-6-8-14/h4-11H,12-13H2,1-3H3,(H2,21,22,25). The van der Waals surface area contributed by atoms with Crippen molar-refractivity contribution in [1.82, 2.24) is 5.32 Å². The van der Waals surface area contributed by atoms with Crippen LogP contribution in [0.1, 0.15) is 19.4 Å². The van der Waals surface area contributed by atoms with E-state index in [1.54, 1.807) is 30.1 Å². The molecule has 0 saturated heterocycles. The zero-order valence-electron chi connectivity index (χ0n) is 15.2. The Morgan fingerprint density at radius 3 is 2.65 bits per heavy atom. The molecule has 3 rings (SSSR count). The summed E-state index contributed by atoms with van der Waals surface area (Å²) in [6.07, 6.45) is 0. The first-order valence-electron chi connectivity index (χ1n) is 8.50. The highest BCUT2D eigenvalue weighted by atomic mass is 16.5. The number of anilines is 2. The number of nitrogens with one attached hydrogen (secondary N) is 2. The van der Waals surface area contributed by atoms with Crippen molar-refractivity contribution < 1.29 is 14.3 Å². The minimum Gasteiger partial charge on any atom is -0.490 e. The summed E-state index contributed by atoms with van der Waals surface area (Å²) in [5.74, 6) is 0.601. The van der Waals surface area contributed by atoms with Gasteiger partial charge in [-0.2, -0.15) is 0 Å². The molecule has 0 saturated carbocycles. The molecule has 136 valence electrons. The van der Waals surface area contributed by atoms with Crippen molar-refractivity contribution in [3.05, 3.63) is 54.1 Å². The van der Waals surface area contributed by atoms with E-state index in [9.17, 15) is 9.59 Å². The fraction of sp³-hybridized carbons (Fsp3) is 0.300. The number of ether oxygens (including phenoxy) is 1. The number of fused-ring (bicyclic) bond motifs is 1. The predicted octanol–water partition coefficient (Wildman–Crippen LogP) is 3.39. The summed E-state index contributed by atoms with van der Waals surface area (Å²) >= 11 is 0. The molecule has 0 aromatic heterocycles. The van der Waals surface area contributed by atoms with Crippen molar-refractivity contribution >= 4 is 23.3 Å². The van der Waals surface area contributed by atoms with Gasteiger partial charge in [-0.25, -0.2) is 4.79 Å². The first-order chi connectivity index (χ1) is 12.4. The molecule has 0 radical (unpaired) electrons. The van der Waals surface area contributed by atoms with Crippen LogP contribution in [-0.2, 0) is 11.3 Å². The molecule has 3 amide bonds. The van der Waals surface area contributed by atoms with Gasteiger partial charge in [0.15, 0.2) is 0 Å². The van der Waals surface area contributed by atoms with Gasteiger partial charge in [-0.05, 0) is 37.6 Å². The number of rotatable bonds is 3. The number of carbonyl (C=O) groups is 2. The number of carbonyl (C=O) groups excluding carboxylic acids is 2. The molecule has 0 bridgehead atoms. The van der Waals surface area contributed by atoms with Crippen molar-refractivity contribution in [3.63, 3.8) is 0 Å². The molecule has 6 heteroatoms. The lowest BCUT2D eigenvalue weighted by atomic mass is 9.93. The maximum atomic E-state index is 12.6. The van der Waals surface area contributed by atoms with Gasteiger partial charge in [0.05, 0.1) is 11.1 Å². The molecule has 1 aliphatic rings. The summed E-state index contributed by atoms with van der Waals surface area (Å²) in [5.41, 5.74) is 1.65. The zero-order chi connectivity index (χ0) is 18.7. The van der Waals surface area contributed by atoms with Crippen molar-refractivity contribution in [1.29, 1.82) is 0 Å². The molecule has 0 atom stereocenters. The average Bonchev–Trinajstić information content (AvgIpc) is 2.72. The summed E-state index contributed by atoms with van der Waals surface area (Å²) in [6, 6.07) is 14.6. The van der Waals surface area contributed by atoms with Crippen molar-refractivity contribution in [2.24, 2.45) is 5.41 Å². The molecule has 2 aromatic carbocycles. The van der Waals surface area contributed by atoms with Crippen LogP contribution in [0.15, 0.2) is 48.5 Å². The third-order valence-corrected chi connectivity index (χ3v) is 4.35. The quantitative estimate of drug-likeness (QED) is 0.888. The Bertz CT molecular complexity index is 818. The van der Waals surface area contributed by atoms with Crippen LogP contribution in [0.3, 0.4) is 0 Å². The molecule has 0 aliphatic carbocycles. The molecule has 1 aliphatic heterocycles. The molecule has 6 nitrogen and oxygen atoms in total. The minimum absolute atomic E-state index is 0.0260. The lowest BCUT2D eigenvalue weighted by Gasteiger charge is -2.24. The van der Waals surface area contributed by atoms with E-state index >= 15 is 0 Å². The van der Waals surface area contributed by atoms with Gasteiger partial charge >= 0.3 is 6.03 Å². The molecule has 1 heterocycles. The summed E-state index contributed by atoms with van der Waals surface area (Å²) in [7, 11) is 1.72. The van der Waals surface area contributed by atoms with Gasteiger partial charge in [0.2, 0.25) is 5.91 Å². The van der Waals surface area contributed by atoms with Gasteiger partial charge in [-0.15, -0.1) is 0 Å². The maximum Gasteiger partial charge on any atom is 0.319 e. The van der Waals surface area contributed by atoms with Gasteiger partial charge in [0, 0.05) is 19.3 Å². The van der Waals surface area contributed by atoms with Gasteiger partial charge in [-0.1, -0.05) is 30.3 Å². The second-order valence-electron chi connectivity index (χ2n) is 7.01. The topological polar surface area (TPSA) is 70.7 Å². The third-order valence-electron chi connectivity index (χ3n) is 4.35. The maximum absolute atomic E-state index is 12.6. The zero-order valence-corrected chi connectivity index (χ0v) is 15.2. The highest BCUT2D eigenvalue weighted by molar-refractivity contribution is 6.00. The van der Waals surface area contributed by atoms with Crippen LogP contribution in [0.4, 0.5) is 16.2 Å². The Morgan fingerprint density at radius 2 is 1.92 bits per heavy atom. The molecule has 0 unspecified atom stereocenters. The van der Waals surface area contributed by atoms with Crippen molar-refractivity contribution in [2.45, 2.75) is 20.4 Å². The number of hydrogen-bond donors (Lipinski definition) is 2. The number of nitrogens with zero attached hydrogens (tertiary/aromatic N) is 1. The highest BCUT2D eigenvalue weighted by Gasteiger charge is 2.36. The average molecular weight is 353 g/mol.